The van der Waals surface area contributed by atoms with E-state index in [-0.39, 0.29) is 0 Å². The Balaban J connectivity index is 3.30. The van der Waals surface area contributed by atoms with Crippen molar-refractivity contribution >= 4 is 30.7 Å². The SMILES string of the molecule is C[Si](C)(C)C/C=C/CCCI. The zero-order valence-corrected chi connectivity index (χ0v) is 11.0. The van der Waals surface area contributed by atoms with E-state index >= 15 is 0 Å². The maximum Gasteiger partial charge on any atom is 0.0480 e. The fraction of sp³-hybridized carbons (Fsp3) is 0.778. The van der Waals surface area contributed by atoms with Gasteiger partial charge < -0.3 is 0 Å². The Kier molecular flexibility index (Phi) is 6.62. The third kappa shape index (κ3) is 10.7. The Labute approximate surface area is 85.6 Å². The van der Waals surface area contributed by atoms with Crippen molar-refractivity contribution in [1.82, 2.24) is 0 Å². The molecular formula is C9H19ISi. The van der Waals surface area contributed by atoms with E-state index in [1.54, 1.807) is 0 Å². The molecule has 0 aliphatic carbocycles. The highest BCUT2D eigenvalue weighted by Crippen LogP contribution is 2.09. The van der Waals surface area contributed by atoms with Crippen molar-refractivity contribution in [3.63, 3.8) is 0 Å². The highest BCUT2D eigenvalue weighted by molar-refractivity contribution is 14.1. The fourth-order valence-corrected chi connectivity index (χ4v) is 2.06. The van der Waals surface area contributed by atoms with Gasteiger partial charge in [-0.05, 0) is 23.3 Å². The number of rotatable bonds is 5. The minimum Gasteiger partial charge on any atom is -0.0912 e. The lowest BCUT2D eigenvalue weighted by Crippen LogP contribution is -2.17. The summed E-state index contributed by atoms with van der Waals surface area (Å²) in [5.74, 6) is 0. The van der Waals surface area contributed by atoms with Crippen LogP contribution in [-0.4, -0.2) is 12.5 Å². The molecule has 0 aromatic heterocycles. The third-order valence-corrected chi connectivity index (χ3v) is 3.62. The van der Waals surface area contributed by atoms with Gasteiger partial charge >= 0.3 is 0 Å². The summed E-state index contributed by atoms with van der Waals surface area (Å²) in [6.07, 6.45) is 7.33. The zero-order chi connectivity index (χ0) is 8.74. The van der Waals surface area contributed by atoms with Crippen molar-refractivity contribution < 1.29 is 0 Å². The summed E-state index contributed by atoms with van der Waals surface area (Å²) in [6.45, 7) is 7.24. The molecule has 0 radical (unpaired) electrons. The minimum absolute atomic E-state index is 0.806. The van der Waals surface area contributed by atoms with E-state index in [0.717, 1.165) is 0 Å². The van der Waals surface area contributed by atoms with E-state index in [4.69, 9.17) is 0 Å². The van der Waals surface area contributed by atoms with Gasteiger partial charge in [0.15, 0.2) is 0 Å². The number of hydrogen-bond acceptors (Lipinski definition) is 0. The smallest absolute Gasteiger partial charge is 0.0480 e. The van der Waals surface area contributed by atoms with Gasteiger partial charge in [0.2, 0.25) is 0 Å². The van der Waals surface area contributed by atoms with Crippen LogP contribution in [0.5, 0.6) is 0 Å². The number of unbranched alkanes of at least 4 members (excludes halogenated alkanes) is 1. The van der Waals surface area contributed by atoms with Crippen LogP contribution in [0.1, 0.15) is 12.8 Å². The summed E-state index contributed by atoms with van der Waals surface area (Å²) >= 11 is 2.43. The number of halogens is 1. The molecule has 0 fully saturated rings. The molecule has 0 aliphatic rings. The highest BCUT2D eigenvalue weighted by atomic mass is 127. The molecule has 0 aromatic rings. The molecule has 0 nitrogen and oxygen atoms in total. The summed E-state index contributed by atoms with van der Waals surface area (Å²) in [5.41, 5.74) is 0. The first-order valence-electron chi connectivity index (χ1n) is 4.27. The monoisotopic (exact) mass is 282 g/mol. The normalized spacial score (nSPS) is 12.7. The minimum atomic E-state index is -0.806. The van der Waals surface area contributed by atoms with Crippen LogP contribution in [-0.2, 0) is 0 Å². The second-order valence-electron chi connectivity index (χ2n) is 4.07. The lowest BCUT2D eigenvalue weighted by molar-refractivity contribution is 0.984. The molecule has 0 aliphatic heterocycles. The predicted octanol–water partition coefficient (Wildman–Crippen LogP) is 4.10. The molecule has 0 rings (SSSR count). The van der Waals surface area contributed by atoms with Crippen molar-refractivity contribution in [2.45, 2.75) is 38.5 Å². The third-order valence-electron chi connectivity index (χ3n) is 1.40. The van der Waals surface area contributed by atoms with Crippen molar-refractivity contribution in [2.24, 2.45) is 0 Å². The van der Waals surface area contributed by atoms with E-state index < -0.39 is 8.07 Å². The van der Waals surface area contributed by atoms with E-state index in [9.17, 15) is 0 Å². The molecule has 11 heavy (non-hydrogen) atoms. The molecule has 0 spiro atoms. The van der Waals surface area contributed by atoms with Gasteiger partial charge in [-0.2, -0.15) is 0 Å². The molecule has 66 valence electrons. The first-order chi connectivity index (χ1) is 5.06. The summed E-state index contributed by atoms with van der Waals surface area (Å²) < 4.78 is 1.29. The van der Waals surface area contributed by atoms with Crippen LogP contribution in [0.25, 0.3) is 0 Å². The highest BCUT2D eigenvalue weighted by Gasteiger charge is 2.08. The molecular weight excluding hydrogens is 263 g/mol. The van der Waals surface area contributed by atoms with Crippen LogP contribution in [0.3, 0.4) is 0 Å². The van der Waals surface area contributed by atoms with E-state index in [2.05, 4.69) is 54.4 Å². The van der Waals surface area contributed by atoms with Crippen LogP contribution in [0.4, 0.5) is 0 Å². The number of alkyl halides is 1. The quantitative estimate of drug-likeness (QED) is 0.234. The van der Waals surface area contributed by atoms with Crippen LogP contribution in [0.15, 0.2) is 12.2 Å². The van der Waals surface area contributed by atoms with Crippen molar-refractivity contribution in [3.05, 3.63) is 12.2 Å². The van der Waals surface area contributed by atoms with E-state index in [0.29, 0.717) is 0 Å². The van der Waals surface area contributed by atoms with Gasteiger partial charge in [0.25, 0.3) is 0 Å². The molecule has 2 heteroatoms. The lowest BCUT2D eigenvalue weighted by atomic mass is 10.3. The summed E-state index contributed by atoms with van der Waals surface area (Å²) in [6, 6.07) is 1.34. The first-order valence-corrected chi connectivity index (χ1v) is 9.50. The first kappa shape index (κ1) is 11.7. The Morgan fingerprint density at radius 2 is 1.82 bits per heavy atom. The number of allylic oxidation sites excluding steroid dienone is 2. The summed E-state index contributed by atoms with van der Waals surface area (Å²) in [5, 5.41) is 0. The fourth-order valence-electron chi connectivity index (χ4n) is 0.750. The van der Waals surface area contributed by atoms with Gasteiger partial charge in [0, 0.05) is 8.07 Å². The van der Waals surface area contributed by atoms with Gasteiger partial charge in [-0.15, -0.1) is 0 Å². The predicted molar refractivity (Wildman–Crippen MR) is 65.4 cm³/mol. The average Bonchev–Trinajstić information content (AvgIpc) is 1.85. The van der Waals surface area contributed by atoms with Gasteiger partial charge in [-0.1, -0.05) is 54.4 Å². The van der Waals surface area contributed by atoms with Crippen molar-refractivity contribution in [3.8, 4) is 0 Å². The Hall–Kier alpha value is 0.687. The Morgan fingerprint density at radius 1 is 1.18 bits per heavy atom. The largest absolute Gasteiger partial charge is 0.0912 e. The topological polar surface area (TPSA) is 0 Å². The molecule has 0 unspecified atom stereocenters. The molecule has 0 N–H and O–H groups in total. The molecule has 0 heterocycles. The average molecular weight is 282 g/mol. The molecule has 0 bridgehead atoms. The van der Waals surface area contributed by atoms with Crippen molar-refractivity contribution in [1.29, 1.82) is 0 Å². The summed E-state index contributed by atoms with van der Waals surface area (Å²) in [7, 11) is -0.806. The van der Waals surface area contributed by atoms with Gasteiger partial charge in [-0.3, -0.25) is 0 Å². The zero-order valence-electron chi connectivity index (χ0n) is 7.86. The summed E-state index contributed by atoms with van der Waals surface area (Å²) in [4.78, 5) is 0. The molecule has 0 saturated heterocycles. The van der Waals surface area contributed by atoms with Gasteiger partial charge in [-0.25, -0.2) is 0 Å². The number of hydrogen-bond donors (Lipinski definition) is 0. The second kappa shape index (κ2) is 6.23. The van der Waals surface area contributed by atoms with Crippen LogP contribution in [0.2, 0.25) is 25.7 Å². The molecule has 0 amide bonds. The lowest BCUT2D eigenvalue weighted by Gasteiger charge is -2.11. The van der Waals surface area contributed by atoms with Crippen LogP contribution < -0.4 is 0 Å². The van der Waals surface area contributed by atoms with Gasteiger partial charge in [0.1, 0.15) is 0 Å². The molecule has 0 saturated carbocycles. The van der Waals surface area contributed by atoms with E-state index in [1.807, 2.05) is 0 Å². The Bertz CT molecular complexity index is 113. The van der Waals surface area contributed by atoms with Crippen LogP contribution >= 0.6 is 22.6 Å². The molecule has 0 aromatic carbocycles. The van der Waals surface area contributed by atoms with Gasteiger partial charge in [0.05, 0.1) is 0 Å². The standard InChI is InChI=1S/C9H19ISi/c1-11(2,3)9-7-5-4-6-8-10/h5,7H,4,6,8-9H2,1-3H3/b7-5+. The Morgan fingerprint density at radius 3 is 2.27 bits per heavy atom. The van der Waals surface area contributed by atoms with E-state index in [1.165, 1.54) is 23.3 Å². The maximum absolute atomic E-state index is 2.43. The van der Waals surface area contributed by atoms with Crippen LogP contribution in [0, 0.1) is 0 Å². The second-order valence-corrected chi connectivity index (χ2v) is 10.7. The molecule has 0 atom stereocenters. The van der Waals surface area contributed by atoms with Crippen molar-refractivity contribution in [2.75, 3.05) is 4.43 Å². The maximum atomic E-state index is 2.43.